The number of aromatic nitrogens is 6. The van der Waals surface area contributed by atoms with Crippen molar-refractivity contribution in [2.75, 3.05) is 6.54 Å². The van der Waals surface area contributed by atoms with Crippen LogP contribution in [0, 0.1) is 6.92 Å². The molecule has 4 heterocycles. The number of aryl methyl sites for hydroxylation is 1. The van der Waals surface area contributed by atoms with Gasteiger partial charge in [0.05, 0.1) is 24.0 Å². The maximum Gasteiger partial charge on any atom is 0.257 e. The Morgan fingerprint density at radius 3 is 2.88 bits per heavy atom. The first-order valence-electron chi connectivity index (χ1n) is 8.35. The zero-order valence-corrected chi connectivity index (χ0v) is 14.3. The molecule has 0 fully saturated rings. The summed E-state index contributed by atoms with van der Waals surface area (Å²) < 4.78 is 3.80. The van der Waals surface area contributed by atoms with Crippen molar-refractivity contribution in [3.05, 3.63) is 53.5 Å². The third-order valence-electron chi connectivity index (χ3n) is 4.53. The van der Waals surface area contributed by atoms with Gasteiger partial charge in [-0.15, -0.1) is 10.2 Å². The second kappa shape index (κ2) is 6.12. The van der Waals surface area contributed by atoms with Crippen molar-refractivity contribution < 1.29 is 4.79 Å². The molecule has 0 unspecified atom stereocenters. The summed E-state index contributed by atoms with van der Waals surface area (Å²) in [5, 5.41) is 12.7. The van der Waals surface area contributed by atoms with Gasteiger partial charge >= 0.3 is 0 Å². The summed E-state index contributed by atoms with van der Waals surface area (Å²) in [6.45, 7) is 5.78. The number of pyridine rings is 1. The van der Waals surface area contributed by atoms with Crippen molar-refractivity contribution in [2.45, 2.75) is 33.4 Å². The van der Waals surface area contributed by atoms with E-state index in [1.54, 1.807) is 17.1 Å². The molecular formula is C17H19N7O. The van der Waals surface area contributed by atoms with Gasteiger partial charge in [-0.1, -0.05) is 13.0 Å². The number of hydrogen-bond donors (Lipinski definition) is 0. The van der Waals surface area contributed by atoms with Crippen LogP contribution in [0.1, 0.15) is 34.6 Å². The fourth-order valence-corrected chi connectivity index (χ4v) is 3.22. The van der Waals surface area contributed by atoms with E-state index in [4.69, 9.17) is 0 Å². The molecule has 0 aliphatic carbocycles. The zero-order chi connectivity index (χ0) is 17.4. The van der Waals surface area contributed by atoms with Gasteiger partial charge in [0.15, 0.2) is 11.6 Å². The lowest BCUT2D eigenvalue weighted by Crippen LogP contribution is -2.39. The maximum atomic E-state index is 13.0. The molecule has 0 bridgehead atoms. The predicted octanol–water partition coefficient (Wildman–Crippen LogP) is 1.39. The first kappa shape index (κ1) is 15.5. The van der Waals surface area contributed by atoms with Gasteiger partial charge in [-0.3, -0.25) is 4.79 Å². The van der Waals surface area contributed by atoms with Crippen molar-refractivity contribution in [3.8, 4) is 5.82 Å². The van der Waals surface area contributed by atoms with Crippen LogP contribution in [0.5, 0.6) is 0 Å². The number of carbonyl (C=O) groups is 1. The second-order valence-corrected chi connectivity index (χ2v) is 6.00. The molecule has 1 aliphatic rings. The summed E-state index contributed by atoms with van der Waals surface area (Å²) in [4.78, 5) is 19.2. The number of amides is 1. The van der Waals surface area contributed by atoms with Gasteiger partial charge in [-0.25, -0.2) is 9.67 Å². The average Bonchev–Trinajstić information content (AvgIpc) is 3.25. The molecule has 8 heteroatoms. The number of fused-ring (bicyclic) bond motifs is 1. The largest absolute Gasteiger partial charge is 0.329 e. The number of hydrogen-bond acceptors (Lipinski definition) is 5. The molecule has 0 atom stereocenters. The smallest absolute Gasteiger partial charge is 0.257 e. The van der Waals surface area contributed by atoms with Crippen LogP contribution in [-0.4, -0.2) is 46.9 Å². The summed E-state index contributed by atoms with van der Waals surface area (Å²) in [7, 11) is 0. The summed E-state index contributed by atoms with van der Waals surface area (Å²) in [5.41, 5.74) is 1.49. The molecular weight excluding hydrogens is 318 g/mol. The molecule has 1 amide bonds. The van der Waals surface area contributed by atoms with E-state index in [1.807, 2.05) is 36.9 Å². The third-order valence-corrected chi connectivity index (χ3v) is 4.53. The monoisotopic (exact) mass is 337 g/mol. The first-order valence-corrected chi connectivity index (χ1v) is 8.35. The Morgan fingerprint density at radius 1 is 1.24 bits per heavy atom. The fraction of sp³-hybridized carbons (Fsp3) is 0.353. The van der Waals surface area contributed by atoms with E-state index in [1.165, 1.54) is 0 Å². The lowest BCUT2D eigenvalue weighted by molar-refractivity contribution is 0.0705. The first-order chi connectivity index (χ1) is 12.2. The highest BCUT2D eigenvalue weighted by molar-refractivity contribution is 5.95. The Bertz CT molecular complexity index is 912. The molecule has 0 saturated carbocycles. The molecule has 25 heavy (non-hydrogen) atoms. The molecule has 4 rings (SSSR count). The molecule has 0 N–H and O–H groups in total. The Morgan fingerprint density at radius 2 is 2.12 bits per heavy atom. The Hall–Kier alpha value is -3.03. The Labute approximate surface area is 145 Å². The third kappa shape index (κ3) is 2.59. The van der Waals surface area contributed by atoms with Crippen LogP contribution < -0.4 is 0 Å². The number of nitrogens with zero attached hydrogens (tertiary/aromatic N) is 7. The van der Waals surface area contributed by atoms with E-state index in [0.717, 1.165) is 23.9 Å². The fourth-order valence-electron chi connectivity index (χ4n) is 3.22. The van der Waals surface area contributed by atoms with Crippen molar-refractivity contribution in [2.24, 2.45) is 0 Å². The summed E-state index contributed by atoms with van der Waals surface area (Å²) in [6, 6.07) is 5.65. The van der Waals surface area contributed by atoms with Gasteiger partial charge in [-0.2, -0.15) is 5.10 Å². The second-order valence-electron chi connectivity index (χ2n) is 6.00. The minimum Gasteiger partial charge on any atom is -0.329 e. The van der Waals surface area contributed by atoms with E-state index < -0.39 is 0 Å². The van der Waals surface area contributed by atoms with E-state index >= 15 is 0 Å². The van der Waals surface area contributed by atoms with Crippen molar-refractivity contribution in [3.63, 3.8) is 0 Å². The molecule has 3 aromatic heterocycles. The van der Waals surface area contributed by atoms with Gasteiger partial charge in [0, 0.05) is 19.3 Å². The highest BCUT2D eigenvalue weighted by Gasteiger charge is 2.27. The van der Waals surface area contributed by atoms with Crippen molar-refractivity contribution in [1.82, 2.24) is 34.4 Å². The molecule has 3 aromatic rings. The molecule has 128 valence electrons. The minimum absolute atomic E-state index is 0.0223. The summed E-state index contributed by atoms with van der Waals surface area (Å²) >= 11 is 0. The van der Waals surface area contributed by atoms with Gasteiger partial charge in [-0.05, 0) is 25.5 Å². The van der Waals surface area contributed by atoms with E-state index in [2.05, 4.69) is 24.8 Å². The van der Waals surface area contributed by atoms with Crippen LogP contribution in [0.2, 0.25) is 0 Å². The van der Waals surface area contributed by atoms with Crippen LogP contribution >= 0.6 is 0 Å². The normalized spacial score (nSPS) is 13.8. The van der Waals surface area contributed by atoms with Crippen molar-refractivity contribution >= 4 is 5.91 Å². The van der Waals surface area contributed by atoms with E-state index in [9.17, 15) is 4.79 Å². The van der Waals surface area contributed by atoms with Crippen LogP contribution in [0.25, 0.3) is 5.82 Å². The lowest BCUT2D eigenvalue weighted by Gasteiger charge is -2.27. The van der Waals surface area contributed by atoms with E-state index in [0.29, 0.717) is 30.9 Å². The molecule has 0 radical (unpaired) electrons. The van der Waals surface area contributed by atoms with Crippen molar-refractivity contribution in [1.29, 1.82) is 0 Å². The highest BCUT2D eigenvalue weighted by atomic mass is 16.2. The van der Waals surface area contributed by atoms with E-state index in [-0.39, 0.29) is 5.91 Å². The molecule has 1 aliphatic heterocycles. The van der Waals surface area contributed by atoms with Crippen LogP contribution in [0.15, 0.2) is 30.6 Å². The Balaban J connectivity index is 1.64. The molecule has 0 aromatic carbocycles. The van der Waals surface area contributed by atoms with Crippen LogP contribution in [0.4, 0.5) is 0 Å². The number of rotatable bonds is 3. The zero-order valence-electron chi connectivity index (χ0n) is 14.3. The highest BCUT2D eigenvalue weighted by Crippen LogP contribution is 2.19. The summed E-state index contributed by atoms with van der Waals surface area (Å²) in [5.74, 6) is 2.41. The Kier molecular flexibility index (Phi) is 3.79. The standard InChI is InChI=1S/C17H19N7O/c1-3-14-13(10-19-24(14)15-6-4-5-7-18-15)17(25)22-8-9-23-12(2)20-21-16(23)11-22/h4-7,10H,3,8-9,11H2,1-2H3. The topological polar surface area (TPSA) is 81.7 Å². The predicted molar refractivity (Wildman–Crippen MR) is 90.2 cm³/mol. The molecule has 0 spiro atoms. The lowest BCUT2D eigenvalue weighted by atomic mass is 10.1. The van der Waals surface area contributed by atoms with Crippen LogP contribution in [-0.2, 0) is 19.5 Å². The SMILES string of the molecule is CCc1c(C(=O)N2CCn3c(C)nnc3C2)cnn1-c1ccccn1. The van der Waals surface area contributed by atoms with Crippen LogP contribution in [0.3, 0.4) is 0 Å². The average molecular weight is 337 g/mol. The van der Waals surface area contributed by atoms with Gasteiger partial charge in [0.25, 0.3) is 5.91 Å². The molecule has 8 nitrogen and oxygen atoms in total. The minimum atomic E-state index is -0.0223. The van der Waals surface area contributed by atoms with Gasteiger partial charge in [0.2, 0.25) is 0 Å². The van der Waals surface area contributed by atoms with Gasteiger partial charge < -0.3 is 9.47 Å². The molecule has 0 saturated heterocycles. The van der Waals surface area contributed by atoms with Gasteiger partial charge in [0.1, 0.15) is 5.82 Å². The quantitative estimate of drug-likeness (QED) is 0.721. The summed E-state index contributed by atoms with van der Waals surface area (Å²) in [6.07, 6.45) is 4.05. The maximum absolute atomic E-state index is 13.0. The number of carbonyl (C=O) groups excluding carboxylic acids is 1.